The Bertz CT molecular complexity index is 1330. The van der Waals surface area contributed by atoms with Crippen molar-refractivity contribution in [2.24, 2.45) is 10.6 Å². The second-order valence-electron chi connectivity index (χ2n) is 10.5. The molecule has 0 radical (unpaired) electrons. The van der Waals surface area contributed by atoms with Gasteiger partial charge in [-0.2, -0.15) is 0 Å². The van der Waals surface area contributed by atoms with Crippen LogP contribution in [0.3, 0.4) is 0 Å². The van der Waals surface area contributed by atoms with E-state index in [9.17, 15) is 13.9 Å². The zero-order valence-electron chi connectivity index (χ0n) is 20.7. The molecule has 1 spiro atoms. The van der Waals surface area contributed by atoms with Gasteiger partial charge in [0.05, 0.1) is 23.2 Å². The Balaban J connectivity index is 1.06. The minimum atomic E-state index is -0.941. The Kier molecular flexibility index (Phi) is 5.92. The zero-order valence-corrected chi connectivity index (χ0v) is 20.7. The summed E-state index contributed by atoms with van der Waals surface area (Å²) in [6.07, 6.45) is 7.10. The Morgan fingerprint density at radius 1 is 1.03 bits per heavy atom. The van der Waals surface area contributed by atoms with Crippen molar-refractivity contribution >= 4 is 11.4 Å². The molecule has 2 saturated heterocycles. The highest BCUT2D eigenvalue weighted by Crippen LogP contribution is 2.47. The summed E-state index contributed by atoms with van der Waals surface area (Å²) in [6.45, 7) is 6.98. The molecule has 7 nitrogen and oxygen atoms in total. The summed E-state index contributed by atoms with van der Waals surface area (Å²) in [5, 5.41) is 14.5. The first-order chi connectivity index (χ1) is 17.9. The fourth-order valence-electron chi connectivity index (χ4n) is 5.36. The molecule has 6 rings (SSSR count). The minimum Gasteiger partial charge on any atom is -0.396 e. The molecule has 1 N–H and O–H groups in total. The first-order valence-electron chi connectivity index (χ1n) is 12.6. The number of aliphatic hydroxyl groups is 1. The van der Waals surface area contributed by atoms with E-state index in [1.165, 1.54) is 6.07 Å². The van der Waals surface area contributed by atoms with Crippen molar-refractivity contribution in [3.05, 3.63) is 89.0 Å². The molecular formula is C28H29F2N5O2. The predicted octanol–water partition coefficient (Wildman–Crippen LogP) is 3.85. The number of anilines is 1. The molecular weight excluding hydrogens is 476 g/mol. The van der Waals surface area contributed by atoms with Crippen LogP contribution in [0.1, 0.15) is 42.1 Å². The quantitative estimate of drug-likeness (QED) is 0.370. The standard InChI is InChI=1S/C28H29F2N5O2/c1-2-37-33-26(20-4-5-23(29)24(30)9-20)25-6-3-19(11-32-25)14-34-15-27(16-34)17-35(18-27)22-10-21(12-31-13-22)28(36)7-8-28/h3-6,9-13,36H,2,7-8,14-18H2,1H3. The molecule has 1 saturated carbocycles. The van der Waals surface area contributed by atoms with Crippen LogP contribution < -0.4 is 4.90 Å². The Hall–Kier alpha value is -3.43. The minimum absolute atomic E-state index is 0.309. The van der Waals surface area contributed by atoms with Crippen LogP contribution in [0, 0.1) is 17.0 Å². The molecule has 3 fully saturated rings. The second kappa shape index (κ2) is 9.15. The van der Waals surface area contributed by atoms with Crippen molar-refractivity contribution in [3.63, 3.8) is 0 Å². The van der Waals surface area contributed by atoms with E-state index in [2.05, 4.69) is 31.0 Å². The molecule has 2 aliphatic heterocycles. The Morgan fingerprint density at radius 2 is 1.84 bits per heavy atom. The largest absolute Gasteiger partial charge is 0.396 e. The first kappa shape index (κ1) is 23.9. The number of hydrogen-bond acceptors (Lipinski definition) is 7. The van der Waals surface area contributed by atoms with E-state index < -0.39 is 17.2 Å². The summed E-state index contributed by atoms with van der Waals surface area (Å²) >= 11 is 0. The third kappa shape index (κ3) is 4.69. The lowest BCUT2D eigenvalue weighted by molar-refractivity contribution is -0.0274. The molecule has 0 unspecified atom stereocenters. The summed E-state index contributed by atoms with van der Waals surface area (Å²) in [5.74, 6) is -1.85. The van der Waals surface area contributed by atoms with Crippen molar-refractivity contribution in [2.45, 2.75) is 31.9 Å². The van der Waals surface area contributed by atoms with Gasteiger partial charge < -0.3 is 14.8 Å². The van der Waals surface area contributed by atoms with E-state index in [4.69, 9.17) is 4.84 Å². The maximum Gasteiger partial charge on any atom is 0.159 e. The molecule has 9 heteroatoms. The van der Waals surface area contributed by atoms with Gasteiger partial charge in [-0.1, -0.05) is 11.2 Å². The van der Waals surface area contributed by atoms with Crippen molar-refractivity contribution < 1.29 is 18.7 Å². The van der Waals surface area contributed by atoms with Gasteiger partial charge in [-0.3, -0.25) is 14.9 Å². The molecule has 0 amide bonds. The topological polar surface area (TPSA) is 74.1 Å². The molecule has 192 valence electrons. The van der Waals surface area contributed by atoms with Crippen molar-refractivity contribution in [1.82, 2.24) is 14.9 Å². The van der Waals surface area contributed by atoms with Crippen LogP contribution in [0.25, 0.3) is 0 Å². The number of pyridine rings is 2. The van der Waals surface area contributed by atoms with Crippen molar-refractivity contribution in [2.75, 3.05) is 37.7 Å². The van der Waals surface area contributed by atoms with Gasteiger partial charge >= 0.3 is 0 Å². The molecule has 1 aliphatic carbocycles. The molecule has 37 heavy (non-hydrogen) atoms. The van der Waals surface area contributed by atoms with Crippen LogP contribution >= 0.6 is 0 Å². The van der Waals surface area contributed by atoms with Gasteiger partial charge in [-0.05, 0) is 55.7 Å². The highest BCUT2D eigenvalue weighted by Gasteiger charge is 2.52. The molecule has 0 atom stereocenters. The van der Waals surface area contributed by atoms with E-state index >= 15 is 0 Å². The maximum absolute atomic E-state index is 13.8. The van der Waals surface area contributed by atoms with E-state index in [1.54, 1.807) is 19.3 Å². The van der Waals surface area contributed by atoms with Crippen LogP contribution in [0.4, 0.5) is 14.5 Å². The summed E-state index contributed by atoms with van der Waals surface area (Å²) in [6, 6.07) is 9.55. The van der Waals surface area contributed by atoms with Crippen LogP contribution in [-0.2, 0) is 17.0 Å². The number of aromatic nitrogens is 2. The molecule has 4 heterocycles. The number of nitrogens with zero attached hydrogens (tertiary/aromatic N) is 5. The van der Waals surface area contributed by atoms with Gasteiger partial charge in [0.2, 0.25) is 0 Å². The van der Waals surface area contributed by atoms with Crippen LogP contribution in [0.15, 0.2) is 60.1 Å². The number of likely N-dealkylation sites (tertiary alicyclic amines) is 1. The van der Waals surface area contributed by atoms with Gasteiger partial charge in [-0.15, -0.1) is 0 Å². The van der Waals surface area contributed by atoms with Crippen LogP contribution in [-0.4, -0.2) is 58.5 Å². The van der Waals surface area contributed by atoms with Gasteiger partial charge in [0.1, 0.15) is 12.3 Å². The number of halogens is 2. The second-order valence-corrected chi connectivity index (χ2v) is 10.5. The summed E-state index contributed by atoms with van der Waals surface area (Å²) in [5.41, 5.74) is 4.03. The molecule has 2 aromatic heterocycles. The SMILES string of the molecule is CCON=C(c1ccc(F)c(F)c1)c1ccc(CN2CC3(C2)CN(c2cncc(C4(O)CC4)c2)C3)cn1. The summed E-state index contributed by atoms with van der Waals surface area (Å²) in [7, 11) is 0. The highest BCUT2D eigenvalue weighted by molar-refractivity contribution is 6.11. The van der Waals surface area contributed by atoms with Gasteiger partial charge in [-0.25, -0.2) is 8.78 Å². The number of rotatable bonds is 8. The Morgan fingerprint density at radius 3 is 2.51 bits per heavy atom. The third-order valence-corrected chi connectivity index (χ3v) is 7.47. The van der Waals surface area contributed by atoms with E-state index in [-0.39, 0.29) is 0 Å². The number of hydrogen-bond donors (Lipinski definition) is 1. The predicted molar refractivity (Wildman–Crippen MR) is 135 cm³/mol. The lowest BCUT2D eigenvalue weighted by Crippen LogP contribution is -2.72. The molecule has 1 aromatic carbocycles. The molecule has 3 aliphatic rings. The smallest absolute Gasteiger partial charge is 0.159 e. The van der Waals surface area contributed by atoms with Crippen molar-refractivity contribution in [1.29, 1.82) is 0 Å². The average Bonchev–Trinajstić information content (AvgIpc) is 3.61. The molecule has 0 bridgehead atoms. The van der Waals surface area contributed by atoms with Crippen LogP contribution in [0.5, 0.6) is 0 Å². The van der Waals surface area contributed by atoms with Gasteiger partial charge in [0, 0.05) is 61.7 Å². The Labute approximate surface area is 214 Å². The third-order valence-electron chi connectivity index (χ3n) is 7.47. The monoisotopic (exact) mass is 505 g/mol. The first-order valence-corrected chi connectivity index (χ1v) is 12.6. The summed E-state index contributed by atoms with van der Waals surface area (Å²) in [4.78, 5) is 18.8. The highest BCUT2D eigenvalue weighted by atomic mass is 19.2. The fourth-order valence-corrected chi connectivity index (χ4v) is 5.36. The number of oxime groups is 1. The molecule has 3 aromatic rings. The zero-order chi connectivity index (χ0) is 25.6. The average molecular weight is 506 g/mol. The van der Waals surface area contributed by atoms with Crippen molar-refractivity contribution in [3.8, 4) is 0 Å². The van der Waals surface area contributed by atoms with E-state index in [1.807, 2.05) is 18.3 Å². The summed E-state index contributed by atoms with van der Waals surface area (Å²) < 4.78 is 27.2. The lowest BCUT2D eigenvalue weighted by atomic mass is 9.72. The van der Waals surface area contributed by atoms with E-state index in [0.29, 0.717) is 29.0 Å². The lowest BCUT2D eigenvalue weighted by Gasteiger charge is -2.61. The normalized spacial score (nSPS) is 19.9. The number of benzene rings is 1. The van der Waals surface area contributed by atoms with Gasteiger partial charge in [0.15, 0.2) is 11.6 Å². The van der Waals surface area contributed by atoms with Crippen LogP contribution in [0.2, 0.25) is 0 Å². The maximum atomic E-state index is 13.8. The van der Waals surface area contributed by atoms with Gasteiger partial charge in [0.25, 0.3) is 0 Å². The van der Waals surface area contributed by atoms with E-state index in [0.717, 1.165) is 74.5 Å². The fraction of sp³-hybridized carbons (Fsp3) is 0.393.